The van der Waals surface area contributed by atoms with Gasteiger partial charge in [-0.05, 0) is 23.8 Å². The van der Waals surface area contributed by atoms with Gasteiger partial charge in [-0.2, -0.15) is 0 Å². The Morgan fingerprint density at radius 2 is 1.75 bits per heavy atom. The largest absolute Gasteiger partial charge is 0.303 e. The average molecular weight is 215 g/mol. The summed E-state index contributed by atoms with van der Waals surface area (Å²) in [5.41, 5.74) is 2.56. The zero-order chi connectivity index (χ0) is 11.4. The van der Waals surface area contributed by atoms with Crippen LogP contribution in [0.1, 0.15) is 5.69 Å². The van der Waals surface area contributed by atoms with Crippen molar-refractivity contribution < 1.29 is 9.18 Å². The van der Waals surface area contributed by atoms with Crippen molar-refractivity contribution in [1.82, 2.24) is 4.98 Å². The van der Waals surface area contributed by atoms with Gasteiger partial charge in [-0.3, -0.25) is 4.98 Å². The molecule has 0 aliphatic heterocycles. The maximum atomic E-state index is 12.7. The zero-order valence-electron chi connectivity index (χ0n) is 8.56. The predicted molar refractivity (Wildman–Crippen MR) is 59.4 cm³/mol. The zero-order valence-corrected chi connectivity index (χ0v) is 8.56. The van der Waals surface area contributed by atoms with Crippen molar-refractivity contribution in [3.8, 4) is 11.1 Å². The Morgan fingerprint density at radius 1 is 1.06 bits per heavy atom. The van der Waals surface area contributed by atoms with Gasteiger partial charge in [0, 0.05) is 23.9 Å². The summed E-state index contributed by atoms with van der Waals surface area (Å²) in [4.78, 5) is 14.4. The minimum atomic E-state index is -0.255. The molecule has 16 heavy (non-hydrogen) atoms. The first kappa shape index (κ1) is 10.5. The van der Waals surface area contributed by atoms with Crippen LogP contribution < -0.4 is 0 Å². The summed E-state index contributed by atoms with van der Waals surface area (Å²) in [6.07, 6.45) is 2.83. The van der Waals surface area contributed by atoms with Gasteiger partial charge in [0.2, 0.25) is 0 Å². The fraction of sp³-hybridized carbons (Fsp3) is 0.0769. The number of nitrogens with zero attached hydrogens (tertiary/aromatic N) is 1. The number of hydrogen-bond acceptors (Lipinski definition) is 2. The maximum absolute atomic E-state index is 12.7. The van der Waals surface area contributed by atoms with Gasteiger partial charge in [-0.1, -0.05) is 18.2 Å². The minimum Gasteiger partial charge on any atom is -0.303 e. The van der Waals surface area contributed by atoms with Crippen LogP contribution in [0, 0.1) is 5.82 Å². The lowest BCUT2D eigenvalue weighted by Crippen LogP contribution is -1.90. The smallest absolute Gasteiger partial charge is 0.125 e. The summed E-state index contributed by atoms with van der Waals surface area (Å²) < 4.78 is 12.7. The Morgan fingerprint density at radius 3 is 2.31 bits per heavy atom. The fourth-order valence-electron chi connectivity index (χ4n) is 1.44. The molecule has 0 radical (unpaired) electrons. The van der Waals surface area contributed by atoms with Gasteiger partial charge in [0.05, 0.1) is 0 Å². The summed E-state index contributed by atoms with van der Waals surface area (Å²) >= 11 is 0. The van der Waals surface area contributed by atoms with E-state index >= 15 is 0 Å². The highest BCUT2D eigenvalue weighted by atomic mass is 19.1. The molecule has 0 aliphatic carbocycles. The predicted octanol–water partition coefficient (Wildman–Crippen LogP) is 2.63. The number of pyridine rings is 1. The summed E-state index contributed by atoms with van der Waals surface area (Å²) in [7, 11) is 0. The van der Waals surface area contributed by atoms with Gasteiger partial charge in [-0.15, -0.1) is 0 Å². The number of benzene rings is 1. The molecule has 0 saturated carbocycles. The Kier molecular flexibility index (Phi) is 3.05. The van der Waals surface area contributed by atoms with Crippen molar-refractivity contribution in [1.29, 1.82) is 0 Å². The second-order valence-electron chi connectivity index (χ2n) is 3.42. The van der Waals surface area contributed by atoms with E-state index in [1.54, 1.807) is 24.4 Å². The first-order chi connectivity index (χ1) is 7.79. The molecule has 80 valence electrons. The first-order valence-electron chi connectivity index (χ1n) is 4.94. The van der Waals surface area contributed by atoms with E-state index in [9.17, 15) is 9.18 Å². The summed E-state index contributed by atoms with van der Waals surface area (Å²) in [6, 6.07) is 9.90. The van der Waals surface area contributed by atoms with Gasteiger partial charge in [0.1, 0.15) is 12.1 Å². The molecule has 0 bridgehead atoms. The maximum Gasteiger partial charge on any atom is 0.125 e. The van der Waals surface area contributed by atoms with E-state index < -0.39 is 0 Å². The van der Waals surface area contributed by atoms with Crippen LogP contribution in [0.2, 0.25) is 0 Å². The normalized spacial score (nSPS) is 10.1. The summed E-state index contributed by atoms with van der Waals surface area (Å²) in [5, 5.41) is 0. The van der Waals surface area contributed by atoms with Crippen LogP contribution in [0.15, 0.2) is 42.6 Å². The van der Waals surface area contributed by atoms with Gasteiger partial charge in [0.25, 0.3) is 0 Å². The average Bonchev–Trinajstić information content (AvgIpc) is 2.32. The van der Waals surface area contributed by atoms with Crippen molar-refractivity contribution >= 4 is 6.29 Å². The minimum absolute atomic E-state index is 0.255. The summed E-state index contributed by atoms with van der Waals surface area (Å²) in [6.45, 7) is 0. The number of aromatic nitrogens is 1. The summed E-state index contributed by atoms with van der Waals surface area (Å²) in [5.74, 6) is -0.255. The molecule has 0 amide bonds. The van der Waals surface area contributed by atoms with Crippen molar-refractivity contribution in [2.24, 2.45) is 0 Å². The third-order valence-corrected chi connectivity index (χ3v) is 2.29. The number of carbonyl (C=O) groups excluding carboxylic acids is 1. The van der Waals surface area contributed by atoms with Gasteiger partial charge in [0.15, 0.2) is 0 Å². The molecule has 0 aliphatic rings. The molecule has 0 N–H and O–H groups in total. The Bertz CT molecular complexity index is 476. The van der Waals surface area contributed by atoms with Gasteiger partial charge >= 0.3 is 0 Å². The molecule has 0 saturated heterocycles. The number of rotatable bonds is 3. The lowest BCUT2D eigenvalue weighted by atomic mass is 10.1. The van der Waals surface area contributed by atoms with Crippen LogP contribution in [-0.4, -0.2) is 11.3 Å². The SMILES string of the molecule is O=CCc1ccc(-c2ccc(F)cc2)cn1. The van der Waals surface area contributed by atoms with Crippen LogP contribution in [0.3, 0.4) is 0 Å². The van der Waals surface area contributed by atoms with E-state index in [2.05, 4.69) is 4.98 Å². The third-order valence-electron chi connectivity index (χ3n) is 2.29. The molecular weight excluding hydrogens is 205 g/mol. The van der Waals surface area contributed by atoms with E-state index in [1.807, 2.05) is 6.07 Å². The molecule has 1 aromatic carbocycles. The van der Waals surface area contributed by atoms with E-state index in [0.29, 0.717) is 6.42 Å². The molecule has 0 spiro atoms. The number of aldehydes is 1. The second-order valence-corrected chi connectivity index (χ2v) is 3.42. The Balaban J connectivity index is 2.27. The van der Waals surface area contributed by atoms with Crippen LogP contribution in [0.25, 0.3) is 11.1 Å². The van der Waals surface area contributed by atoms with Crippen molar-refractivity contribution in [3.05, 3.63) is 54.1 Å². The van der Waals surface area contributed by atoms with Gasteiger partial charge < -0.3 is 4.79 Å². The van der Waals surface area contributed by atoms with Crippen molar-refractivity contribution in [2.45, 2.75) is 6.42 Å². The molecule has 2 rings (SSSR count). The molecule has 2 aromatic rings. The van der Waals surface area contributed by atoms with Crippen LogP contribution in [-0.2, 0) is 11.2 Å². The highest BCUT2D eigenvalue weighted by molar-refractivity contribution is 5.63. The van der Waals surface area contributed by atoms with E-state index in [-0.39, 0.29) is 5.82 Å². The highest BCUT2D eigenvalue weighted by Gasteiger charge is 1.99. The Hall–Kier alpha value is -2.03. The lowest BCUT2D eigenvalue weighted by Gasteiger charge is -2.01. The Labute approximate surface area is 92.8 Å². The first-order valence-corrected chi connectivity index (χ1v) is 4.94. The molecule has 0 atom stereocenters. The quantitative estimate of drug-likeness (QED) is 0.737. The standard InChI is InChI=1S/C13H10FNO/c14-12-4-1-10(2-5-12)11-3-6-13(7-8-16)15-9-11/h1-6,8-9H,7H2. The second kappa shape index (κ2) is 4.66. The monoisotopic (exact) mass is 215 g/mol. The molecule has 2 nitrogen and oxygen atoms in total. The van der Waals surface area contributed by atoms with Crippen molar-refractivity contribution in [2.75, 3.05) is 0 Å². The molecule has 1 heterocycles. The highest BCUT2D eigenvalue weighted by Crippen LogP contribution is 2.18. The van der Waals surface area contributed by atoms with Crippen LogP contribution >= 0.6 is 0 Å². The van der Waals surface area contributed by atoms with Crippen LogP contribution in [0.4, 0.5) is 4.39 Å². The molecular formula is C13H10FNO. The third kappa shape index (κ3) is 2.31. The fourth-order valence-corrected chi connectivity index (χ4v) is 1.44. The lowest BCUT2D eigenvalue weighted by molar-refractivity contribution is -0.107. The number of halogens is 1. The topological polar surface area (TPSA) is 30.0 Å². The number of hydrogen-bond donors (Lipinski definition) is 0. The van der Waals surface area contributed by atoms with E-state index in [1.165, 1.54) is 12.1 Å². The molecule has 1 aromatic heterocycles. The molecule has 3 heteroatoms. The van der Waals surface area contributed by atoms with Crippen LogP contribution in [0.5, 0.6) is 0 Å². The van der Waals surface area contributed by atoms with Crippen molar-refractivity contribution in [3.63, 3.8) is 0 Å². The van der Waals surface area contributed by atoms with E-state index in [0.717, 1.165) is 23.1 Å². The van der Waals surface area contributed by atoms with Gasteiger partial charge in [-0.25, -0.2) is 4.39 Å². The van der Waals surface area contributed by atoms with E-state index in [4.69, 9.17) is 0 Å². The number of carbonyl (C=O) groups is 1. The molecule has 0 unspecified atom stereocenters. The molecule has 0 fully saturated rings.